The Morgan fingerprint density at radius 3 is 2.81 bits per heavy atom. The van der Waals surface area contributed by atoms with Crippen LogP contribution in [0.2, 0.25) is 0 Å². The average molecular weight is 222 g/mol. The zero-order valence-corrected chi connectivity index (χ0v) is 9.69. The van der Waals surface area contributed by atoms with Crippen molar-refractivity contribution in [2.75, 3.05) is 13.7 Å². The van der Waals surface area contributed by atoms with E-state index < -0.39 is 0 Å². The first-order chi connectivity index (χ1) is 7.65. The molecule has 4 nitrogen and oxygen atoms in total. The second-order valence-electron chi connectivity index (χ2n) is 3.63. The lowest BCUT2D eigenvalue weighted by Gasteiger charge is -2.16. The summed E-state index contributed by atoms with van der Waals surface area (Å²) in [6, 6.07) is 7.95. The van der Waals surface area contributed by atoms with Crippen LogP contribution in [0, 0.1) is 0 Å². The van der Waals surface area contributed by atoms with E-state index in [2.05, 4.69) is 5.32 Å². The third kappa shape index (κ3) is 3.55. The van der Waals surface area contributed by atoms with Gasteiger partial charge in [0.2, 0.25) is 5.91 Å². The molecular weight excluding hydrogens is 204 g/mol. The van der Waals surface area contributed by atoms with Gasteiger partial charge in [0.05, 0.1) is 7.11 Å². The molecule has 88 valence electrons. The summed E-state index contributed by atoms with van der Waals surface area (Å²) < 4.78 is 5.26. The van der Waals surface area contributed by atoms with Crippen molar-refractivity contribution in [1.82, 2.24) is 5.32 Å². The van der Waals surface area contributed by atoms with Crippen LogP contribution >= 0.6 is 0 Å². The first-order valence-corrected chi connectivity index (χ1v) is 5.29. The monoisotopic (exact) mass is 222 g/mol. The molecule has 0 unspecified atom stereocenters. The van der Waals surface area contributed by atoms with Crippen molar-refractivity contribution in [3.8, 4) is 5.75 Å². The summed E-state index contributed by atoms with van der Waals surface area (Å²) in [5, 5.41) is 3.22. The third-order valence-electron chi connectivity index (χ3n) is 2.43. The topological polar surface area (TPSA) is 64.3 Å². The summed E-state index contributed by atoms with van der Waals surface area (Å²) in [5.41, 5.74) is 6.15. The Bertz CT molecular complexity index is 353. The van der Waals surface area contributed by atoms with Crippen LogP contribution in [0.4, 0.5) is 0 Å². The molecule has 0 fully saturated rings. The molecule has 0 radical (unpaired) electrons. The number of benzene rings is 1. The van der Waals surface area contributed by atoms with Gasteiger partial charge in [-0.2, -0.15) is 0 Å². The van der Waals surface area contributed by atoms with Crippen molar-refractivity contribution < 1.29 is 9.53 Å². The predicted octanol–water partition coefficient (Wildman–Crippen LogP) is 1.22. The fourth-order valence-corrected chi connectivity index (χ4v) is 1.55. The number of primary amides is 1. The highest BCUT2D eigenvalue weighted by molar-refractivity contribution is 5.73. The van der Waals surface area contributed by atoms with Crippen LogP contribution in [0.25, 0.3) is 0 Å². The normalized spacial score (nSPS) is 12.1. The van der Waals surface area contributed by atoms with Crippen molar-refractivity contribution in [1.29, 1.82) is 0 Å². The highest BCUT2D eigenvalue weighted by Gasteiger charge is 2.09. The molecule has 0 heterocycles. The van der Waals surface area contributed by atoms with Gasteiger partial charge in [-0.05, 0) is 13.0 Å². The lowest BCUT2D eigenvalue weighted by atomic mass is 10.1. The van der Waals surface area contributed by atoms with Crippen LogP contribution in [-0.2, 0) is 4.79 Å². The number of rotatable bonds is 6. The summed E-state index contributed by atoms with van der Waals surface area (Å²) in [4.78, 5) is 10.6. The maximum Gasteiger partial charge on any atom is 0.218 e. The van der Waals surface area contributed by atoms with E-state index >= 15 is 0 Å². The molecule has 0 aromatic heterocycles. The molecular formula is C12H18N2O2. The minimum absolute atomic E-state index is 0.135. The van der Waals surface area contributed by atoms with Crippen LogP contribution in [0.3, 0.4) is 0 Å². The second kappa shape index (κ2) is 6.12. The van der Waals surface area contributed by atoms with E-state index in [4.69, 9.17) is 10.5 Å². The number of carbonyl (C=O) groups excluding carboxylic acids is 1. The van der Waals surface area contributed by atoms with Gasteiger partial charge in [-0.25, -0.2) is 0 Å². The Morgan fingerprint density at radius 1 is 1.50 bits per heavy atom. The quantitative estimate of drug-likeness (QED) is 0.760. The van der Waals surface area contributed by atoms with Gasteiger partial charge in [-0.3, -0.25) is 4.79 Å². The fourth-order valence-electron chi connectivity index (χ4n) is 1.55. The number of methoxy groups -OCH3 is 1. The van der Waals surface area contributed by atoms with Crippen LogP contribution in [0.15, 0.2) is 24.3 Å². The van der Waals surface area contributed by atoms with Crippen molar-refractivity contribution in [2.45, 2.75) is 19.4 Å². The summed E-state index contributed by atoms with van der Waals surface area (Å²) >= 11 is 0. The highest BCUT2D eigenvalue weighted by atomic mass is 16.5. The number of hydrogen-bond donors (Lipinski definition) is 2. The molecule has 4 heteroatoms. The van der Waals surface area contributed by atoms with Crippen LogP contribution in [-0.4, -0.2) is 19.6 Å². The molecule has 0 saturated heterocycles. The first-order valence-electron chi connectivity index (χ1n) is 5.29. The molecule has 3 N–H and O–H groups in total. The van der Waals surface area contributed by atoms with Crippen molar-refractivity contribution >= 4 is 5.91 Å². The lowest BCUT2D eigenvalue weighted by Crippen LogP contribution is -2.24. The van der Waals surface area contributed by atoms with E-state index in [1.807, 2.05) is 31.2 Å². The van der Waals surface area contributed by atoms with E-state index in [1.165, 1.54) is 0 Å². The third-order valence-corrected chi connectivity index (χ3v) is 2.43. The van der Waals surface area contributed by atoms with Crippen molar-refractivity contribution in [2.24, 2.45) is 5.73 Å². The zero-order chi connectivity index (χ0) is 12.0. The van der Waals surface area contributed by atoms with Crippen LogP contribution < -0.4 is 15.8 Å². The largest absolute Gasteiger partial charge is 0.496 e. The summed E-state index contributed by atoms with van der Waals surface area (Å²) in [6.07, 6.45) is 0.347. The van der Waals surface area contributed by atoms with Gasteiger partial charge < -0.3 is 15.8 Å². The molecule has 0 aliphatic rings. The molecule has 0 aliphatic carbocycles. The van der Waals surface area contributed by atoms with Gasteiger partial charge in [-0.1, -0.05) is 18.2 Å². The van der Waals surface area contributed by atoms with E-state index in [0.29, 0.717) is 13.0 Å². The molecule has 0 spiro atoms. The Kier molecular flexibility index (Phi) is 4.79. The Hall–Kier alpha value is -1.55. The maximum atomic E-state index is 10.6. The number of carbonyl (C=O) groups is 1. The molecule has 1 rings (SSSR count). The molecule has 1 aromatic rings. The number of nitrogens with one attached hydrogen (secondary N) is 1. The number of hydrogen-bond acceptors (Lipinski definition) is 3. The van der Waals surface area contributed by atoms with Gasteiger partial charge in [0.1, 0.15) is 5.75 Å². The van der Waals surface area contributed by atoms with Gasteiger partial charge >= 0.3 is 0 Å². The summed E-state index contributed by atoms with van der Waals surface area (Å²) in [5.74, 6) is 0.557. The number of para-hydroxylation sites is 1. The summed E-state index contributed by atoms with van der Waals surface area (Å²) in [7, 11) is 1.65. The van der Waals surface area contributed by atoms with E-state index in [-0.39, 0.29) is 11.9 Å². The van der Waals surface area contributed by atoms with Gasteiger partial charge in [0.15, 0.2) is 0 Å². The van der Waals surface area contributed by atoms with Crippen LogP contribution in [0.1, 0.15) is 24.9 Å². The standard InChI is InChI=1S/C12H18N2O2/c1-9(14-8-7-12(13)15)10-5-3-4-6-11(10)16-2/h3-6,9,14H,7-8H2,1-2H3,(H2,13,15)/t9-/m1/s1. The fraction of sp³-hybridized carbons (Fsp3) is 0.417. The van der Waals surface area contributed by atoms with Crippen molar-refractivity contribution in [3.05, 3.63) is 29.8 Å². The van der Waals surface area contributed by atoms with Crippen LogP contribution in [0.5, 0.6) is 5.75 Å². The number of ether oxygens (including phenoxy) is 1. The molecule has 1 aromatic carbocycles. The minimum atomic E-state index is -0.292. The predicted molar refractivity (Wildman–Crippen MR) is 63.2 cm³/mol. The Balaban J connectivity index is 2.58. The lowest BCUT2D eigenvalue weighted by molar-refractivity contribution is -0.117. The highest BCUT2D eigenvalue weighted by Crippen LogP contribution is 2.23. The Morgan fingerprint density at radius 2 is 2.19 bits per heavy atom. The first kappa shape index (κ1) is 12.5. The second-order valence-corrected chi connectivity index (χ2v) is 3.63. The zero-order valence-electron chi connectivity index (χ0n) is 9.69. The number of amides is 1. The minimum Gasteiger partial charge on any atom is -0.496 e. The molecule has 1 amide bonds. The maximum absolute atomic E-state index is 10.6. The van der Waals surface area contributed by atoms with E-state index in [9.17, 15) is 4.79 Å². The van der Waals surface area contributed by atoms with Crippen molar-refractivity contribution in [3.63, 3.8) is 0 Å². The van der Waals surface area contributed by atoms with Gasteiger partial charge in [0.25, 0.3) is 0 Å². The number of nitrogens with two attached hydrogens (primary N) is 1. The van der Waals surface area contributed by atoms with E-state index in [1.54, 1.807) is 7.11 Å². The molecule has 1 atom stereocenters. The van der Waals surface area contributed by atoms with E-state index in [0.717, 1.165) is 11.3 Å². The van der Waals surface area contributed by atoms with Gasteiger partial charge in [-0.15, -0.1) is 0 Å². The molecule has 0 bridgehead atoms. The summed E-state index contributed by atoms with van der Waals surface area (Å²) in [6.45, 7) is 2.60. The van der Waals surface area contributed by atoms with Gasteiger partial charge in [0, 0.05) is 24.6 Å². The SMILES string of the molecule is COc1ccccc1[C@@H](C)NCCC(N)=O. The smallest absolute Gasteiger partial charge is 0.218 e. The average Bonchev–Trinajstić information content (AvgIpc) is 2.28. The molecule has 0 aliphatic heterocycles. The molecule has 16 heavy (non-hydrogen) atoms. The Labute approximate surface area is 95.8 Å². The molecule has 0 saturated carbocycles.